The van der Waals surface area contributed by atoms with Gasteiger partial charge in [0.05, 0.1) is 17.4 Å². The van der Waals surface area contributed by atoms with Crippen molar-refractivity contribution in [3.63, 3.8) is 0 Å². The number of amides is 3. The molecule has 306 valence electrons. The van der Waals surface area contributed by atoms with E-state index in [-0.39, 0.29) is 35.3 Å². The van der Waals surface area contributed by atoms with Crippen molar-refractivity contribution >= 4 is 80.8 Å². The number of hydrogen-bond donors (Lipinski definition) is 8. The van der Waals surface area contributed by atoms with Crippen LogP contribution in [0.15, 0.2) is 12.7 Å². The monoisotopic (exact) mass is 944 g/mol. The van der Waals surface area contributed by atoms with Gasteiger partial charge in [-0.05, 0) is 25.7 Å². The van der Waals surface area contributed by atoms with Crippen LogP contribution in [-0.2, 0) is 46.0 Å². The molecule has 6 atom stereocenters. The Balaban J connectivity index is 1.43. The molecule has 1 aliphatic rings. The predicted molar refractivity (Wildman–Crippen MR) is 194 cm³/mol. The number of carbonyl (C=O) groups excluding carboxylic acids is 3. The highest BCUT2D eigenvalue weighted by molar-refractivity contribution is 14.1. The minimum atomic E-state index is -5.77. The van der Waals surface area contributed by atoms with Gasteiger partial charge in [-0.25, -0.2) is 28.6 Å². The molecule has 28 heteroatoms. The number of hydrogen-bond acceptors (Lipinski definition) is 16. The molecular weight excluding hydrogens is 900 g/mol. The molecule has 0 aromatic carbocycles. The van der Waals surface area contributed by atoms with Gasteiger partial charge in [0.15, 0.2) is 23.2 Å². The summed E-state index contributed by atoms with van der Waals surface area (Å²) in [7, 11) is -13.5. The summed E-state index contributed by atoms with van der Waals surface area (Å²) in [6, 6.07) is 0. The fourth-order valence-electron chi connectivity index (χ4n) is 5.03. The van der Waals surface area contributed by atoms with Crippen LogP contribution in [0.3, 0.4) is 0 Å². The van der Waals surface area contributed by atoms with E-state index < -0.39 is 54.6 Å². The number of fused-ring (bicyclic) bond motifs is 1. The number of carbonyl (C=O) groups is 3. The van der Waals surface area contributed by atoms with Crippen LogP contribution in [-0.4, -0.2) is 146 Å². The van der Waals surface area contributed by atoms with Gasteiger partial charge in [-0.2, -0.15) is 8.62 Å². The van der Waals surface area contributed by atoms with Gasteiger partial charge >= 0.3 is 23.5 Å². The SMILES string of the molecule is CN(CCCCN(C)C(=O)CCCNc1ncnc2c1ncn2[C@@H]1O[C@H](COP(=O)(O)OP(=O)(O)OP(=O)(O)O)[C@@H](O)[C@H]1O)C(=O)CCCNC(=O)CI. The predicted octanol–water partition coefficient (Wildman–Crippen LogP) is 0.00930. The third-order valence-electron chi connectivity index (χ3n) is 7.75. The maximum Gasteiger partial charge on any atom is 0.490 e. The maximum atomic E-state index is 12.7. The molecule has 0 bridgehead atoms. The van der Waals surface area contributed by atoms with E-state index in [0.717, 1.165) is 0 Å². The number of nitrogens with zero attached hydrogens (tertiary/aromatic N) is 6. The van der Waals surface area contributed by atoms with Crippen molar-refractivity contribution in [3.8, 4) is 0 Å². The largest absolute Gasteiger partial charge is 0.490 e. The molecule has 1 aliphatic heterocycles. The first kappa shape index (κ1) is 46.2. The van der Waals surface area contributed by atoms with Crippen LogP contribution >= 0.6 is 46.1 Å². The normalized spacial score (nSPS) is 21.0. The van der Waals surface area contributed by atoms with E-state index in [1.807, 2.05) is 22.6 Å². The van der Waals surface area contributed by atoms with Crippen molar-refractivity contribution in [2.75, 3.05) is 56.6 Å². The van der Waals surface area contributed by atoms with Crippen LogP contribution in [0.1, 0.15) is 44.8 Å². The van der Waals surface area contributed by atoms with Gasteiger partial charge < -0.3 is 55.0 Å². The van der Waals surface area contributed by atoms with Gasteiger partial charge in [-0.1, -0.05) is 22.6 Å². The molecule has 0 saturated carbocycles. The molecule has 0 radical (unpaired) electrons. The number of imidazole rings is 1. The lowest BCUT2D eigenvalue weighted by Gasteiger charge is -2.20. The summed E-state index contributed by atoms with van der Waals surface area (Å²) in [6.07, 6.45) is -0.833. The average Bonchev–Trinajstić information content (AvgIpc) is 3.64. The summed E-state index contributed by atoms with van der Waals surface area (Å²) in [5.41, 5.74) is 0.398. The van der Waals surface area contributed by atoms with Gasteiger partial charge in [-0.3, -0.25) is 23.5 Å². The number of phosphoric acid groups is 3. The number of alkyl halides is 1. The Morgan fingerprint density at radius 3 is 2.09 bits per heavy atom. The minimum Gasteiger partial charge on any atom is -0.387 e. The minimum absolute atomic E-state index is 0.00563. The number of rotatable bonds is 23. The molecule has 3 amide bonds. The second-order valence-corrected chi connectivity index (χ2v) is 17.1. The highest BCUT2D eigenvalue weighted by atomic mass is 127. The molecular formula is C26H44IN8O16P3. The van der Waals surface area contributed by atoms with Gasteiger partial charge in [0.2, 0.25) is 17.7 Å². The average molecular weight is 945 g/mol. The van der Waals surface area contributed by atoms with E-state index in [4.69, 9.17) is 14.5 Å². The number of anilines is 1. The van der Waals surface area contributed by atoms with Crippen LogP contribution in [0, 0.1) is 0 Å². The Kier molecular flexibility index (Phi) is 17.8. The Labute approximate surface area is 322 Å². The molecule has 54 heavy (non-hydrogen) atoms. The summed E-state index contributed by atoms with van der Waals surface area (Å²) in [5.74, 6) is 0.156. The van der Waals surface area contributed by atoms with E-state index >= 15 is 0 Å². The molecule has 0 aliphatic carbocycles. The molecule has 3 heterocycles. The van der Waals surface area contributed by atoms with Crippen molar-refractivity contribution in [1.82, 2.24) is 34.6 Å². The van der Waals surface area contributed by atoms with Gasteiger partial charge in [0.1, 0.15) is 24.6 Å². The maximum absolute atomic E-state index is 12.7. The van der Waals surface area contributed by atoms with E-state index in [1.165, 1.54) is 17.2 Å². The highest BCUT2D eigenvalue weighted by Crippen LogP contribution is 2.66. The number of aliphatic hydroxyl groups excluding tert-OH is 2. The quantitative estimate of drug-likeness (QED) is 0.0315. The first-order valence-corrected chi connectivity index (χ1v) is 22.3. The number of nitrogens with one attached hydrogen (secondary N) is 2. The summed E-state index contributed by atoms with van der Waals surface area (Å²) in [4.78, 5) is 88.4. The second-order valence-electron chi connectivity index (χ2n) is 11.9. The fraction of sp³-hybridized carbons (Fsp3) is 0.692. The van der Waals surface area contributed by atoms with Crippen LogP contribution < -0.4 is 10.6 Å². The molecule has 2 aromatic rings. The number of phosphoric ester groups is 1. The van der Waals surface area contributed by atoms with Crippen molar-refractivity contribution < 1.29 is 75.7 Å². The van der Waals surface area contributed by atoms with Gasteiger partial charge in [0, 0.05) is 53.1 Å². The van der Waals surface area contributed by atoms with E-state index in [0.29, 0.717) is 68.5 Å². The smallest absolute Gasteiger partial charge is 0.387 e. The van der Waals surface area contributed by atoms with Crippen molar-refractivity contribution in [2.24, 2.45) is 0 Å². The summed E-state index contributed by atoms with van der Waals surface area (Å²) in [6.45, 7) is 0.857. The number of halogens is 1. The number of aromatic nitrogens is 4. The Bertz CT molecular complexity index is 1740. The first-order valence-electron chi connectivity index (χ1n) is 16.3. The standard InChI is InChI=1S/C26H44IN8O16P3/c1-33(19(37)7-5-9-28-18(36)13-27)11-3-4-12-34(2)20(38)8-6-10-29-24-21-25(31-15-30-24)35(16-32-21)26-23(40)22(39)17(49-26)14-48-53(44,45)51-54(46,47)50-52(41,42)43/h15-17,22-23,26,39-40H,3-14H2,1-2H3,(H,28,36)(H,44,45)(H,46,47)(H,29,30,31)(H2,41,42,43)/t17-,22-,23-,26-/m1/s1. The third kappa shape index (κ3) is 14.7. The van der Waals surface area contributed by atoms with E-state index in [1.54, 1.807) is 23.9 Å². The highest BCUT2D eigenvalue weighted by Gasteiger charge is 2.47. The first-order chi connectivity index (χ1) is 25.2. The van der Waals surface area contributed by atoms with Crippen molar-refractivity contribution in [2.45, 2.75) is 63.1 Å². The number of aliphatic hydroxyl groups is 2. The molecule has 3 rings (SSSR count). The third-order valence-corrected chi connectivity index (χ3v) is 12.2. The van der Waals surface area contributed by atoms with Gasteiger partial charge in [0.25, 0.3) is 0 Å². The lowest BCUT2D eigenvalue weighted by atomic mass is 10.1. The molecule has 1 fully saturated rings. The number of unbranched alkanes of at least 4 members (excludes halogenated alkanes) is 1. The number of ether oxygens (including phenoxy) is 1. The topological polar surface area (TPSA) is 335 Å². The molecule has 1 saturated heterocycles. The van der Waals surface area contributed by atoms with Crippen molar-refractivity contribution in [3.05, 3.63) is 12.7 Å². The van der Waals surface area contributed by atoms with Gasteiger partial charge in [-0.15, -0.1) is 0 Å². The van der Waals surface area contributed by atoms with Crippen LogP contribution in [0.5, 0.6) is 0 Å². The van der Waals surface area contributed by atoms with E-state index in [9.17, 15) is 48.1 Å². The zero-order valence-corrected chi connectivity index (χ0v) is 34.0. The molecule has 0 spiro atoms. The zero-order chi connectivity index (χ0) is 40.3. The fourth-order valence-corrected chi connectivity index (χ4v) is 8.32. The summed E-state index contributed by atoms with van der Waals surface area (Å²) in [5, 5.41) is 27.0. The lowest BCUT2D eigenvalue weighted by molar-refractivity contribution is -0.131. The van der Waals surface area contributed by atoms with Crippen LogP contribution in [0.25, 0.3) is 11.2 Å². The molecule has 2 unspecified atom stereocenters. The summed E-state index contributed by atoms with van der Waals surface area (Å²) >= 11 is 1.97. The lowest BCUT2D eigenvalue weighted by Crippen LogP contribution is -2.33. The molecule has 8 N–H and O–H groups in total. The van der Waals surface area contributed by atoms with Crippen molar-refractivity contribution in [1.29, 1.82) is 0 Å². The Morgan fingerprint density at radius 2 is 1.50 bits per heavy atom. The summed E-state index contributed by atoms with van der Waals surface area (Å²) < 4.78 is 53.4. The van der Waals surface area contributed by atoms with Crippen LogP contribution in [0.4, 0.5) is 5.82 Å². The van der Waals surface area contributed by atoms with Crippen LogP contribution in [0.2, 0.25) is 0 Å². The Hall–Kier alpha value is -2.22. The molecule has 2 aromatic heterocycles. The molecule has 24 nitrogen and oxygen atoms in total. The Morgan fingerprint density at radius 1 is 0.889 bits per heavy atom. The zero-order valence-electron chi connectivity index (χ0n) is 29.1. The second kappa shape index (κ2) is 20.8. The van der Waals surface area contributed by atoms with E-state index in [2.05, 4.69) is 38.7 Å².